The maximum absolute atomic E-state index is 5.71. The Morgan fingerprint density at radius 2 is 2.21 bits per heavy atom. The number of hydrogen-bond donors (Lipinski definition) is 2. The lowest BCUT2D eigenvalue weighted by Crippen LogP contribution is -2.04. The minimum Gasteiger partial charge on any atom is -0.481 e. The number of nitrogens with one attached hydrogen (secondary N) is 1. The van der Waals surface area contributed by atoms with Gasteiger partial charge in [0.2, 0.25) is 5.88 Å². The van der Waals surface area contributed by atoms with Gasteiger partial charge in [0.1, 0.15) is 11.6 Å². The lowest BCUT2D eigenvalue weighted by atomic mass is 10.3. The Hall–Kier alpha value is -2.02. The molecular weight excluding hydrogens is 262 g/mol. The monoisotopic (exact) mass is 277 g/mol. The predicted octanol–water partition coefficient (Wildman–Crippen LogP) is 1.80. The normalized spacial score (nSPS) is 10.2. The predicted molar refractivity (Wildman–Crippen MR) is 76.3 cm³/mol. The van der Waals surface area contributed by atoms with Crippen LogP contribution in [0.25, 0.3) is 0 Å². The first-order valence-electron chi connectivity index (χ1n) is 5.62. The van der Waals surface area contributed by atoms with Crippen molar-refractivity contribution in [2.24, 2.45) is 0 Å². The maximum atomic E-state index is 5.71. The molecule has 0 aliphatic carbocycles. The molecule has 7 heteroatoms. The summed E-state index contributed by atoms with van der Waals surface area (Å²) in [4.78, 5) is 12.5. The van der Waals surface area contributed by atoms with Crippen LogP contribution in [0.1, 0.15) is 5.56 Å². The highest BCUT2D eigenvalue weighted by Gasteiger charge is 2.02. The van der Waals surface area contributed by atoms with Crippen LogP contribution in [0.3, 0.4) is 0 Å². The number of rotatable bonds is 5. The molecule has 2 rings (SSSR count). The van der Waals surface area contributed by atoms with Gasteiger partial charge in [0.05, 0.1) is 7.11 Å². The van der Waals surface area contributed by atoms with E-state index < -0.39 is 0 Å². The molecule has 6 nitrogen and oxygen atoms in total. The highest BCUT2D eigenvalue weighted by atomic mass is 32.2. The Bertz CT molecular complexity index is 546. The van der Waals surface area contributed by atoms with Crippen molar-refractivity contribution in [3.63, 3.8) is 0 Å². The molecule has 0 aromatic carbocycles. The van der Waals surface area contributed by atoms with E-state index in [-0.39, 0.29) is 0 Å². The highest BCUT2D eigenvalue weighted by Crippen LogP contribution is 2.16. The van der Waals surface area contributed by atoms with E-state index in [1.807, 2.05) is 18.4 Å². The fourth-order valence-electron chi connectivity index (χ4n) is 1.45. The van der Waals surface area contributed by atoms with Crippen LogP contribution >= 0.6 is 11.8 Å². The quantitative estimate of drug-likeness (QED) is 0.636. The van der Waals surface area contributed by atoms with Crippen molar-refractivity contribution in [3.8, 4) is 5.88 Å². The molecule has 0 radical (unpaired) electrons. The molecule has 0 saturated heterocycles. The highest BCUT2D eigenvalue weighted by molar-refractivity contribution is 7.98. The summed E-state index contributed by atoms with van der Waals surface area (Å²) >= 11 is 1.45. The van der Waals surface area contributed by atoms with Gasteiger partial charge in [0.25, 0.3) is 0 Å². The molecule has 0 unspecified atom stereocenters. The molecule has 0 saturated carbocycles. The third-order valence-electron chi connectivity index (χ3n) is 2.39. The van der Waals surface area contributed by atoms with Crippen LogP contribution in [0, 0.1) is 0 Å². The summed E-state index contributed by atoms with van der Waals surface area (Å²) in [5.41, 5.74) is 6.74. The van der Waals surface area contributed by atoms with Gasteiger partial charge in [-0.15, -0.1) is 0 Å². The first kappa shape index (κ1) is 13.4. The number of pyridine rings is 1. The minimum absolute atomic E-state index is 0.453. The van der Waals surface area contributed by atoms with E-state index in [2.05, 4.69) is 20.3 Å². The zero-order chi connectivity index (χ0) is 13.7. The summed E-state index contributed by atoms with van der Waals surface area (Å²) in [7, 11) is 1.59. The average molecular weight is 277 g/mol. The molecular formula is C12H15N5OS. The Labute approximate surface area is 115 Å². The molecule has 0 amide bonds. The van der Waals surface area contributed by atoms with Crippen LogP contribution < -0.4 is 15.8 Å². The lowest BCUT2D eigenvalue weighted by molar-refractivity contribution is 0.397. The SMILES string of the molecule is COc1ccc(CNc2cc(N)nc(SC)n2)cn1. The van der Waals surface area contributed by atoms with Gasteiger partial charge >= 0.3 is 0 Å². The third kappa shape index (κ3) is 3.72. The summed E-state index contributed by atoms with van der Waals surface area (Å²) in [5, 5.41) is 3.84. The Morgan fingerprint density at radius 1 is 1.37 bits per heavy atom. The maximum Gasteiger partial charge on any atom is 0.212 e. The van der Waals surface area contributed by atoms with Crippen LogP contribution in [-0.4, -0.2) is 28.3 Å². The fourth-order valence-corrected chi connectivity index (χ4v) is 1.84. The number of nitrogen functional groups attached to an aromatic ring is 1. The van der Waals surface area contributed by atoms with Crippen molar-refractivity contribution in [3.05, 3.63) is 30.0 Å². The fraction of sp³-hybridized carbons (Fsp3) is 0.250. The first-order chi connectivity index (χ1) is 9.21. The Morgan fingerprint density at radius 3 is 2.84 bits per heavy atom. The van der Waals surface area contributed by atoms with Gasteiger partial charge in [0.15, 0.2) is 5.16 Å². The number of methoxy groups -OCH3 is 1. The molecule has 2 heterocycles. The van der Waals surface area contributed by atoms with Crippen LogP contribution in [0.5, 0.6) is 5.88 Å². The van der Waals surface area contributed by atoms with E-state index in [0.29, 0.717) is 29.2 Å². The molecule has 3 N–H and O–H groups in total. The van der Waals surface area contributed by atoms with Gasteiger partial charge in [-0.3, -0.25) is 0 Å². The number of thioether (sulfide) groups is 1. The number of anilines is 2. The van der Waals surface area contributed by atoms with Crippen molar-refractivity contribution in [2.45, 2.75) is 11.7 Å². The number of nitrogens with two attached hydrogens (primary N) is 1. The summed E-state index contributed by atoms with van der Waals surface area (Å²) in [5.74, 6) is 1.75. The molecule has 19 heavy (non-hydrogen) atoms. The zero-order valence-electron chi connectivity index (χ0n) is 10.8. The summed E-state index contributed by atoms with van der Waals surface area (Å²) in [6, 6.07) is 5.47. The molecule has 0 bridgehead atoms. The number of hydrogen-bond acceptors (Lipinski definition) is 7. The molecule has 2 aromatic heterocycles. The van der Waals surface area contributed by atoms with Crippen molar-refractivity contribution in [1.29, 1.82) is 0 Å². The van der Waals surface area contributed by atoms with E-state index >= 15 is 0 Å². The molecule has 0 atom stereocenters. The number of aromatic nitrogens is 3. The second-order valence-corrected chi connectivity index (χ2v) is 4.50. The smallest absolute Gasteiger partial charge is 0.212 e. The largest absolute Gasteiger partial charge is 0.481 e. The molecule has 0 spiro atoms. The van der Waals surface area contributed by atoms with Gasteiger partial charge in [-0.05, 0) is 11.8 Å². The van der Waals surface area contributed by atoms with E-state index in [0.717, 1.165) is 5.56 Å². The van der Waals surface area contributed by atoms with Crippen LogP contribution in [0.2, 0.25) is 0 Å². The molecule has 0 aliphatic rings. The summed E-state index contributed by atoms with van der Waals surface area (Å²) < 4.78 is 5.01. The summed E-state index contributed by atoms with van der Waals surface area (Å²) in [6.07, 6.45) is 3.66. The Kier molecular flexibility index (Phi) is 4.40. The van der Waals surface area contributed by atoms with Gasteiger partial charge < -0.3 is 15.8 Å². The Balaban J connectivity index is 2.03. The van der Waals surface area contributed by atoms with Gasteiger partial charge in [-0.2, -0.15) is 0 Å². The molecule has 0 aliphatic heterocycles. The molecule has 0 fully saturated rings. The molecule has 100 valence electrons. The van der Waals surface area contributed by atoms with Crippen molar-refractivity contribution in [1.82, 2.24) is 15.0 Å². The van der Waals surface area contributed by atoms with Crippen LogP contribution in [0.15, 0.2) is 29.6 Å². The molecule has 2 aromatic rings. The first-order valence-corrected chi connectivity index (χ1v) is 6.85. The second kappa shape index (κ2) is 6.24. The summed E-state index contributed by atoms with van der Waals surface area (Å²) in [6.45, 7) is 0.612. The average Bonchev–Trinajstić information content (AvgIpc) is 2.45. The van der Waals surface area contributed by atoms with E-state index in [4.69, 9.17) is 10.5 Å². The number of ether oxygens (including phenoxy) is 1. The van der Waals surface area contributed by atoms with Gasteiger partial charge in [-0.1, -0.05) is 17.8 Å². The lowest BCUT2D eigenvalue weighted by Gasteiger charge is -2.07. The standard InChI is InChI=1S/C12H15N5OS/c1-18-11-4-3-8(7-15-11)6-14-10-5-9(13)16-12(17-10)19-2/h3-5,7H,6H2,1-2H3,(H3,13,14,16,17). The second-order valence-electron chi connectivity index (χ2n) is 3.73. The van der Waals surface area contributed by atoms with Crippen molar-refractivity contribution in [2.75, 3.05) is 24.4 Å². The van der Waals surface area contributed by atoms with Crippen LogP contribution in [-0.2, 0) is 6.54 Å². The van der Waals surface area contributed by atoms with Gasteiger partial charge in [-0.25, -0.2) is 15.0 Å². The topological polar surface area (TPSA) is 86.0 Å². The van der Waals surface area contributed by atoms with E-state index in [1.54, 1.807) is 19.4 Å². The van der Waals surface area contributed by atoms with Gasteiger partial charge in [0, 0.05) is 24.9 Å². The number of nitrogens with zero attached hydrogens (tertiary/aromatic N) is 3. The van der Waals surface area contributed by atoms with E-state index in [1.165, 1.54) is 11.8 Å². The minimum atomic E-state index is 0.453. The van der Waals surface area contributed by atoms with E-state index in [9.17, 15) is 0 Å². The van der Waals surface area contributed by atoms with Crippen molar-refractivity contribution < 1.29 is 4.74 Å². The van der Waals surface area contributed by atoms with Crippen molar-refractivity contribution >= 4 is 23.4 Å². The zero-order valence-corrected chi connectivity index (χ0v) is 11.6. The third-order valence-corrected chi connectivity index (χ3v) is 2.94. The van der Waals surface area contributed by atoms with Crippen LogP contribution in [0.4, 0.5) is 11.6 Å².